The number of rotatable bonds is 3. The van der Waals surface area contributed by atoms with Gasteiger partial charge in [-0.05, 0) is 13.0 Å². The van der Waals surface area contributed by atoms with Crippen molar-refractivity contribution in [3.63, 3.8) is 0 Å². The lowest BCUT2D eigenvalue weighted by atomic mass is 10.2. The molecule has 0 spiro atoms. The van der Waals surface area contributed by atoms with E-state index in [1.807, 2.05) is 18.2 Å². The maximum Gasteiger partial charge on any atom is 0.334 e. The maximum atomic E-state index is 12.6. The molecule has 1 aromatic heterocycles. The van der Waals surface area contributed by atoms with Gasteiger partial charge < -0.3 is 14.7 Å². The molecule has 24 heavy (non-hydrogen) atoms. The van der Waals surface area contributed by atoms with Crippen LogP contribution in [0.5, 0.6) is 0 Å². The van der Waals surface area contributed by atoms with Crippen LogP contribution >= 0.6 is 22.9 Å². The summed E-state index contributed by atoms with van der Waals surface area (Å²) in [7, 11) is 0. The summed E-state index contributed by atoms with van der Waals surface area (Å²) < 4.78 is 5.33. The number of aromatic nitrogens is 1. The summed E-state index contributed by atoms with van der Waals surface area (Å²) in [5, 5.41) is 12.0. The van der Waals surface area contributed by atoms with Gasteiger partial charge in [0.2, 0.25) is 0 Å². The number of carboxylic acids is 1. The Kier molecular flexibility index (Phi) is 4.84. The molecule has 126 valence electrons. The molecule has 0 radical (unpaired) electrons. The van der Waals surface area contributed by atoms with Crippen molar-refractivity contribution < 1.29 is 19.4 Å². The number of benzene rings is 1. The summed E-state index contributed by atoms with van der Waals surface area (Å²) in [6, 6.07) is 7.28. The predicted molar refractivity (Wildman–Crippen MR) is 90.4 cm³/mol. The highest BCUT2D eigenvalue weighted by Crippen LogP contribution is 2.30. The molecule has 2 heterocycles. The Morgan fingerprint density at radius 2 is 2.12 bits per heavy atom. The van der Waals surface area contributed by atoms with Gasteiger partial charge in [0.25, 0.3) is 5.91 Å². The fourth-order valence-electron chi connectivity index (χ4n) is 2.55. The zero-order valence-electron chi connectivity index (χ0n) is 12.8. The number of halogens is 1. The van der Waals surface area contributed by atoms with E-state index < -0.39 is 12.1 Å². The molecule has 0 saturated carbocycles. The van der Waals surface area contributed by atoms with Gasteiger partial charge in [0.1, 0.15) is 10.7 Å². The summed E-state index contributed by atoms with van der Waals surface area (Å²) in [6.07, 6.45) is -1.36. The molecule has 0 bridgehead atoms. The molecule has 1 amide bonds. The molecule has 2 aromatic rings. The first-order valence-corrected chi connectivity index (χ1v) is 8.59. The number of amides is 1. The van der Waals surface area contributed by atoms with E-state index in [0.717, 1.165) is 5.56 Å². The monoisotopic (exact) mass is 366 g/mol. The first kappa shape index (κ1) is 16.9. The topological polar surface area (TPSA) is 79.7 Å². The Balaban J connectivity index is 1.81. The molecule has 6 nitrogen and oxygen atoms in total. The molecular weight excluding hydrogens is 352 g/mol. The minimum Gasteiger partial charge on any atom is -0.479 e. The van der Waals surface area contributed by atoms with Crippen LogP contribution in [-0.2, 0) is 9.53 Å². The lowest BCUT2D eigenvalue weighted by molar-refractivity contribution is -0.160. The first-order chi connectivity index (χ1) is 11.5. The van der Waals surface area contributed by atoms with E-state index in [9.17, 15) is 9.59 Å². The number of ether oxygens (including phenoxy) is 1. The van der Waals surface area contributed by atoms with Crippen molar-refractivity contribution in [3.8, 4) is 10.6 Å². The van der Waals surface area contributed by atoms with E-state index in [2.05, 4.69) is 4.98 Å². The van der Waals surface area contributed by atoms with Crippen molar-refractivity contribution in [2.75, 3.05) is 13.1 Å². The largest absolute Gasteiger partial charge is 0.479 e. The quantitative estimate of drug-likeness (QED) is 0.903. The van der Waals surface area contributed by atoms with Crippen molar-refractivity contribution in [2.24, 2.45) is 0 Å². The lowest BCUT2D eigenvalue weighted by Gasteiger charge is -2.34. The summed E-state index contributed by atoms with van der Waals surface area (Å²) in [4.78, 5) is 29.6. The third kappa shape index (κ3) is 3.43. The predicted octanol–water partition coefficient (Wildman–Crippen LogP) is 2.78. The van der Waals surface area contributed by atoms with Gasteiger partial charge in [-0.3, -0.25) is 4.79 Å². The molecule has 1 fully saturated rings. The van der Waals surface area contributed by atoms with Gasteiger partial charge in [-0.2, -0.15) is 0 Å². The molecule has 1 unspecified atom stereocenters. The van der Waals surface area contributed by atoms with Gasteiger partial charge >= 0.3 is 5.97 Å². The Morgan fingerprint density at radius 3 is 2.83 bits per heavy atom. The van der Waals surface area contributed by atoms with E-state index >= 15 is 0 Å². The number of thiazole rings is 1. The van der Waals surface area contributed by atoms with E-state index in [4.69, 9.17) is 21.4 Å². The third-order valence-electron chi connectivity index (χ3n) is 3.65. The van der Waals surface area contributed by atoms with Crippen LogP contribution in [0.4, 0.5) is 0 Å². The standard InChI is InChI=1S/C16H15ClN2O4S/c1-9-6-19(7-13(23-9)16(21)22)15(20)12-8-24-14(18-12)10-4-2-3-5-11(10)17/h2-5,8-9,13H,6-7H2,1H3,(H,21,22)/t9-,13?/m1/s1. The number of carbonyl (C=O) groups is 2. The van der Waals surface area contributed by atoms with E-state index in [1.54, 1.807) is 18.4 Å². The average Bonchev–Trinajstić information content (AvgIpc) is 3.03. The zero-order chi connectivity index (χ0) is 17.3. The van der Waals surface area contributed by atoms with E-state index in [-0.39, 0.29) is 24.2 Å². The van der Waals surface area contributed by atoms with Crippen LogP contribution in [-0.4, -0.2) is 52.2 Å². The second-order valence-electron chi connectivity index (χ2n) is 5.50. The van der Waals surface area contributed by atoms with Gasteiger partial charge in [0.05, 0.1) is 17.7 Å². The second kappa shape index (κ2) is 6.88. The van der Waals surface area contributed by atoms with Gasteiger partial charge in [-0.15, -0.1) is 11.3 Å². The maximum absolute atomic E-state index is 12.6. The molecule has 1 saturated heterocycles. The minimum absolute atomic E-state index is 0.0114. The molecule has 0 aliphatic carbocycles. The van der Waals surface area contributed by atoms with Crippen molar-refractivity contribution >= 4 is 34.8 Å². The Morgan fingerprint density at radius 1 is 1.38 bits per heavy atom. The molecular formula is C16H15ClN2O4S. The molecule has 1 aliphatic heterocycles. The van der Waals surface area contributed by atoms with E-state index in [0.29, 0.717) is 16.6 Å². The number of aliphatic carboxylic acids is 1. The SMILES string of the molecule is C[C@@H]1CN(C(=O)c2csc(-c3ccccc3Cl)n2)CC(C(=O)O)O1. The third-order valence-corrected chi connectivity index (χ3v) is 4.86. The highest BCUT2D eigenvalue weighted by atomic mass is 35.5. The van der Waals surface area contributed by atoms with Crippen molar-refractivity contribution in [1.29, 1.82) is 0 Å². The van der Waals surface area contributed by atoms with Crippen molar-refractivity contribution in [2.45, 2.75) is 19.1 Å². The van der Waals surface area contributed by atoms with Crippen LogP contribution in [0.1, 0.15) is 17.4 Å². The average molecular weight is 367 g/mol. The van der Waals surface area contributed by atoms with Gasteiger partial charge in [0, 0.05) is 17.5 Å². The van der Waals surface area contributed by atoms with Crippen LogP contribution in [0, 0.1) is 0 Å². The second-order valence-corrected chi connectivity index (χ2v) is 6.77. The number of carbonyl (C=O) groups excluding carboxylic acids is 1. The number of hydrogen-bond donors (Lipinski definition) is 1. The van der Waals surface area contributed by atoms with Crippen molar-refractivity contribution in [3.05, 3.63) is 40.4 Å². The zero-order valence-corrected chi connectivity index (χ0v) is 14.4. The summed E-state index contributed by atoms with van der Waals surface area (Å²) in [5.41, 5.74) is 1.05. The molecule has 1 aromatic carbocycles. The fraction of sp³-hybridized carbons (Fsp3) is 0.312. The molecule has 3 rings (SSSR count). The first-order valence-electron chi connectivity index (χ1n) is 7.33. The molecule has 1 N–H and O–H groups in total. The summed E-state index contributed by atoms with van der Waals surface area (Å²) in [6.45, 7) is 2.09. The number of hydrogen-bond acceptors (Lipinski definition) is 5. The summed E-state index contributed by atoms with van der Waals surface area (Å²) in [5.74, 6) is -1.37. The Labute approximate surface area is 147 Å². The van der Waals surface area contributed by atoms with Gasteiger partial charge in [-0.1, -0.05) is 29.8 Å². The van der Waals surface area contributed by atoms with Gasteiger partial charge in [0.15, 0.2) is 6.10 Å². The number of morpholine rings is 1. The normalized spacial score (nSPS) is 20.8. The smallest absolute Gasteiger partial charge is 0.334 e. The molecule has 1 aliphatic rings. The number of carboxylic acid groups (broad SMARTS) is 1. The molecule has 2 atom stereocenters. The Bertz CT molecular complexity index is 779. The van der Waals surface area contributed by atoms with Crippen LogP contribution in [0.3, 0.4) is 0 Å². The van der Waals surface area contributed by atoms with Crippen LogP contribution < -0.4 is 0 Å². The van der Waals surface area contributed by atoms with Crippen molar-refractivity contribution in [1.82, 2.24) is 9.88 Å². The summed E-state index contributed by atoms with van der Waals surface area (Å²) >= 11 is 7.49. The molecule has 8 heteroatoms. The minimum atomic E-state index is -1.07. The Hall–Kier alpha value is -1.96. The van der Waals surface area contributed by atoms with Crippen LogP contribution in [0.2, 0.25) is 5.02 Å². The van der Waals surface area contributed by atoms with Crippen LogP contribution in [0.15, 0.2) is 29.6 Å². The van der Waals surface area contributed by atoms with E-state index in [1.165, 1.54) is 16.2 Å². The number of nitrogens with zero attached hydrogens (tertiary/aromatic N) is 2. The lowest BCUT2D eigenvalue weighted by Crippen LogP contribution is -2.51. The highest BCUT2D eigenvalue weighted by Gasteiger charge is 2.33. The van der Waals surface area contributed by atoms with Gasteiger partial charge in [-0.25, -0.2) is 9.78 Å². The highest BCUT2D eigenvalue weighted by molar-refractivity contribution is 7.13. The van der Waals surface area contributed by atoms with Crippen LogP contribution in [0.25, 0.3) is 10.6 Å². The fourth-order valence-corrected chi connectivity index (χ4v) is 3.66.